The molecule has 1 aliphatic heterocycles. The fourth-order valence-electron chi connectivity index (χ4n) is 1.81. The van der Waals surface area contributed by atoms with Crippen LogP contribution in [-0.2, 0) is 4.74 Å². The first-order valence-electron chi connectivity index (χ1n) is 5.74. The molecular weight excluding hydrogens is 263 g/mol. The Morgan fingerprint density at radius 3 is 2.56 bits per heavy atom. The quantitative estimate of drug-likeness (QED) is 0.844. The third kappa shape index (κ3) is 4.42. The highest BCUT2D eigenvalue weighted by Gasteiger charge is 2.29. The number of nitrogens with one attached hydrogen (secondary N) is 1. The number of anilines is 1. The summed E-state index contributed by atoms with van der Waals surface area (Å²) in [5.41, 5.74) is -3.41. The lowest BCUT2D eigenvalue weighted by Gasteiger charge is -2.12. The number of alkyl halides is 3. The van der Waals surface area contributed by atoms with Crippen molar-refractivity contribution in [2.24, 2.45) is 0 Å². The van der Waals surface area contributed by atoms with E-state index in [1.54, 1.807) is 12.1 Å². The van der Waals surface area contributed by atoms with Crippen LogP contribution in [0.5, 0.6) is 0 Å². The molecule has 0 saturated carbocycles. The Hall–Kier alpha value is -0.880. The zero-order chi connectivity index (χ0) is 13.0. The molecule has 100 valence electrons. The number of hydrogen-bond donors (Lipinski definition) is 1. The first-order valence-corrected chi connectivity index (χ1v) is 6.56. The molecule has 1 aromatic carbocycles. The number of halogens is 3. The van der Waals surface area contributed by atoms with Gasteiger partial charge in [0.05, 0.1) is 6.10 Å². The SMILES string of the molecule is FC(F)(F)Sc1ccc(NCC2CCCO2)cc1. The zero-order valence-electron chi connectivity index (χ0n) is 9.67. The topological polar surface area (TPSA) is 21.3 Å². The minimum Gasteiger partial charge on any atom is -0.382 e. The first kappa shape index (κ1) is 13.5. The van der Waals surface area contributed by atoms with Gasteiger partial charge in [0.1, 0.15) is 0 Å². The van der Waals surface area contributed by atoms with Crippen LogP contribution in [0.15, 0.2) is 29.2 Å². The van der Waals surface area contributed by atoms with E-state index in [2.05, 4.69) is 5.32 Å². The van der Waals surface area contributed by atoms with Crippen LogP contribution in [-0.4, -0.2) is 24.8 Å². The van der Waals surface area contributed by atoms with Crippen LogP contribution >= 0.6 is 11.8 Å². The number of benzene rings is 1. The maximum Gasteiger partial charge on any atom is 0.446 e. The van der Waals surface area contributed by atoms with E-state index >= 15 is 0 Å². The monoisotopic (exact) mass is 277 g/mol. The highest BCUT2D eigenvalue weighted by molar-refractivity contribution is 8.00. The van der Waals surface area contributed by atoms with Crippen LogP contribution in [0.3, 0.4) is 0 Å². The summed E-state index contributed by atoms with van der Waals surface area (Å²) in [6.45, 7) is 1.50. The summed E-state index contributed by atoms with van der Waals surface area (Å²) in [5, 5.41) is 3.16. The van der Waals surface area contributed by atoms with E-state index in [4.69, 9.17) is 4.74 Å². The lowest BCUT2D eigenvalue weighted by atomic mass is 10.2. The minimum atomic E-state index is -4.23. The van der Waals surface area contributed by atoms with Crippen molar-refractivity contribution in [2.75, 3.05) is 18.5 Å². The smallest absolute Gasteiger partial charge is 0.382 e. The van der Waals surface area contributed by atoms with E-state index < -0.39 is 5.51 Å². The van der Waals surface area contributed by atoms with Crippen molar-refractivity contribution in [3.63, 3.8) is 0 Å². The Bertz CT molecular complexity index is 374. The van der Waals surface area contributed by atoms with Crippen molar-refractivity contribution in [1.29, 1.82) is 0 Å². The van der Waals surface area contributed by atoms with Gasteiger partial charge in [-0.1, -0.05) is 0 Å². The summed E-state index contributed by atoms with van der Waals surface area (Å²) < 4.78 is 41.8. The molecule has 1 N–H and O–H groups in total. The summed E-state index contributed by atoms with van der Waals surface area (Å²) in [5.74, 6) is 0. The number of thioether (sulfide) groups is 1. The summed E-state index contributed by atoms with van der Waals surface area (Å²) >= 11 is -0.0996. The van der Waals surface area contributed by atoms with Crippen molar-refractivity contribution in [1.82, 2.24) is 0 Å². The van der Waals surface area contributed by atoms with Gasteiger partial charge in [-0.15, -0.1) is 0 Å². The summed E-state index contributed by atoms with van der Waals surface area (Å²) in [6, 6.07) is 6.25. The molecule has 0 aromatic heterocycles. The van der Waals surface area contributed by atoms with E-state index in [1.807, 2.05) is 0 Å². The van der Waals surface area contributed by atoms with Gasteiger partial charge in [0, 0.05) is 23.7 Å². The molecule has 2 nitrogen and oxygen atoms in total. The number of ether oxygens (including phenoxy) is 1. The molecule has 1 saturated heterocycles. The standard InChI is InChI=1S/C12H14F3NOS/c13-12(14,15)18-11-5-3-9(4-6-11)16-8-10-2-1-7-17-10/h3-6,10,16H,1-2,7-8H2. The number of rotatable bonds is 4. The minimum absolute atomic E-state index is 0.0996. The van der Waals surface area contributed by atoms with E-state index in [0.29, 0.717) is 6.54 Å². The molecular formula is C12H14F3NOS. The van der Waals surface area contributed by atoms with Crippen LogP contribution in [0.4, 0.5) is 18.9 Å². The van der Waals surface area contributed by atoms with E-state index in [-0.39, 0.29) is 22.8 Å². The van der Waals surface area contributed by atoms with Crippen LogP contribution in [0.2, 0.25) is 0 Å². The van der Waals surface area contributed by atoms with Crippen molar-refractivity contribution >= 4 is 17.4 Å². The zero-order valence-corrected chi connectivity index (χ0v) is 10.5. The van der Waals surface area contributed by atoms with Gasteiger partial charge >= 0.3 is 5.51 Å². The van der Waals surface area contributed by atoms with Crippen molar-refractivity contribution in [3.8, 4) is 0 Å². The van der Waals surface area contributed by atoms with Gasteiger partial charge in [0.25, 0.3) is 0 Å². The van der Waals surface area contributed by atoms with Crippen LogP contribution in [0.25, 0.3) is 0 Å². The van der Waals surface area contributed by atoms with Crippen LogP contribution in [0, 0.1) is 0 Å². The van der Waals surface area contributed by atoms with Gasteiger partial charge in [-0.2, -0.15) is 13.2 Å². The molecule has 0 radical (unpaired) electrons. The molecule has 1 fully saturated rings. The van der Waals surface area contributed by atoms with Gasteiger partial charge in [-0.05, 0) is 48.9 Å². The lowest BCUT2D eigenvalue weighted by Crippen LogP contribution is -2.18. The van der Waals surface area contributed by atoms with Crippen LogP contribution < -0.4 is 5.32 Å². The predicted octanol–water partition coefficient (Wildman–Crippen LogP) is 3.89. The molecule has 18 heavy (non-hydrogen) atoms. The van der Waals surface area contributed by atoms with Crippen molar-refractivity contribution in [3.05, 3.63) is 24.3 Å². The lowest BCUT2D eigenvalue weighted by molar-refractivity contribution is -0.0328. The highest BCUT2D eigenvalue weighted by Crippen LogP contribution is 2.37. The van der Waals surface area contributed by atoms with E-state index in [0.717, 1.165) is 25.1 Å². The average Bonchev–Trinajstić information content (AvgIpc) is 2.79. The second kappa shape index (κ2) is 5.84. The third-order valence-electron chi connectivity index (χ3n) is 2.65. The summed E-state index contributed by atoms with van der Waals surface area (Å²) in [4.78, 5) is 0.199. The second-order valence-electron chi connectivity index (χ2n) is 4.09. The molecule has 0 amide bonds. The van der Waals surface area contributed by atoms with Crippen LogP contribution in [0.1, 0.15) is 12.8 Å². The Balaban J connectivity index is 1.83. The maximum absolute atomic E-state index is 12.1. The Labute approximate surface area is 108 Å². The largest absolute Gasteiger partial charge is 0.446 e. The van der Waals surface area contributed by atoms with Gasteiger partial charge in [-0.25, -0.2) is 0 Å². The fraction of sp³-hybridized carbons (Fsp3) is 0.500. The van der Waals surface area contributed by atoms with Gasteiger partial charge in [-0.3, -0.25) is 0 Å². The molecule has 6 heteroatoms. The highest BCUT2D eigenvalue weighted by atomic mass is 32.2. The average molecular weight is 277 g/mol. The number of hydrogen-bond acceptors (Lipinski definition) is 3. The molecule has 1 unspecified atom stereocenters. The molecule has 1 aliphatic rings. The second-order valence-corrected chi connectivity index (χ2v) is 5.23. The van der Waals surface area contributed by atoms with Gasteiger partial charge < -0.3 is 10.1 Å². The third-order valence-corrected chi connectivity index (χ3v) is 3.39. The molecule has 2 rings (SSSR count). The summed E-state index contributed by atoms with van der Waals surface area (Å²) in [6.07, 6.45) is 2.33. The first-order chi connectivity index (χ1) is 8.53. The Kier molecular flexibility index (Phi) is 4.40. The van der Waals surface area contributed by atoms with E-state index in [9.17, 15) is 13.2 Å². The molecule has 0 bridgehead atoms. The molecule has 1 atom stereocenters. The van der Waals surface area contributed by atoms with Gasteiger partial charge in [0.15, 0.2) is 0 Å². The molecule has 0 spiro atoms. The van der Waals surface area contributed by atoms with Crippen molar-refractivity contribution in [2.45, 2.75) is 29.3 Å². The Morgan fingerprint density at radius 1 is 1.28 bits per heavy atom. The molecule has 1 aromatic rings. The fourth-order valence-corrected chi connectivity index (χ4v) is 2.35. The van der Waals surface area contributed by atoms with Gasteiger partial charge in [0.2, 0.25) is 0 Å². The van der Waals surface area contributed by atoms with E-state index in [1.165, 1.54) is 12.1 Å². The molecule has 0 aliphatic carbocycles. The summed E-state index contributed by atoms with van der Waals surface area (Å²) in [7, 11) is 0. The predicted molar refractivity (Wildman–Crippen MR) is 65.8 cm³/mol. The normalized spacial score (nSPS) is 20.1. The molecule has 1 heterocycles. The maximum atomic E-state index is 12.1. The Morgan fingerprint density at radius 2 is 2.00 bits per heavy atom. The van der Waals surface area contributed by atoms with Crippen molar-refractivity contribution < 1.29 is 17.9 Å².